The fourth-order valence-electron chi connectivity index (χ4n) is 3.93. The summed E-state index contributed by atoms with van der Waals surface area (Å²) in [7, 11) is 0. The molecule has 1 saturated heterocycles. The highest BCUT2D eigenvalue weighted by Gasteiger charge is 2.41. The number of nitrogens with zero attached hydrogens (tertiary/aromatic N) is 1. The minimum Gasteiger partial charge on any atom is -0.310 e. The van der Waals surface area contributed by atoms with E-state index in [9.17, 15) is 0 Å². The molecule has 3 heteroatoms. The summed E-state index contributed by atoms with van der Waals surface area (Å²) < 4.78 is 15.1. The van der Waals surface area contributed by atoms with Crippen LogP contribution in [0.2, 0.25) is 0 Å². The number of rotatable bonds is 6. The summed E-state index contributed by atoms with van der Waals surface area (Å²) in [6.45, 7) is 3.13. The van der Waals surface area contributed by atoms with Crippen LogP contribution in [0.4, 0.5) is 4.39 Å². The van der Waals surface area contributed by atoms with Gasteiger partial charge in [-0.05, 0) is 30.4 Å². The predicted molar refractivity (Wildman–Crippen MR) is 100 cm³/mol. The molecule has 132 valence electrons. The molecule has 1 aliphatic heterocycles. The zero-order valence-corrected chi connectivity index (χ0v) is 14.7. The average molecular weight is 338 g/mol. The molecule has 1 heterocycles. The molecule has 0 spiro atoms. The van der Waals surface area contributed by atoms with E-state index in [2.05, 4.69) is 58.7 Å². The monoisotopic (exact) mass is 338 g/mol. The summed E-state index contributed by atoms with van der Waals surface area (Å²) in [6, 6.07) is 21.5. The molecule has 0 aromatic heterocycles. The van der Waals surface area contributed by atoms with Crippen LogP contribution in [-0.4, -0.2) is 36.2 Å². The van der Waals surface area contributed by atoms with Gasteiger partial charge >= 0.3 is 0 Å². The Balaban J connectivity index is 1.22. The van der Waals surface area contributed by atoms with Crippen LogP contribution in [0.5, 0.6) is 0 Å². The van der Waals surface area contributed by atoms with Crippen LogP contribution < -0.4 is 5.32 Å². The number of hydrogen-bond donors (Lipinski definition) is 1. The molecular formula is C22H27FN2. The van der Waals surface area contributed by atoms with Gasteiger partial charge in [0.25, 0.3) is 0 Å². The standard InChI is InChI=1S/C22H27FN2/c23-22(17-24-21-15-20(21)19-9-5-2-6-10-19)11-13-25(14-12-22)16-18-7-3-1-4-8-18/h1-10,20-21,24H,11-17H2. The first kappa shape index (κ1) is 16.7. The second-order valence-electron chi connectivity index (χ2n) is 7.65. The zero-order chi connectivity index (χ0) is 17.1. The molecule has 0 amide bonds. The summed E-state index contributed by atoms with van der Waals surface area (Å²) >= 11 is 0. The molecule has 1 aliphatic carbocycles. The predicted octanol–water partition coefficient (Wildman–Crippen LogP) is 4.14. The third kappa shape index (κ3) is 4.28. The van der Waals surface area contributed by atoms with E-state index >= 15 is 4.39 Å². The molecule has 2 fully saturated rings. The van der Waals surface area contributed by atoms with Crippen molar-refractivity contribution in [3.8, 4) is 0 Å². The van der Waals surface area contributed by atoms with Crippen LogP contribution in [-0.2, 0) is 6.54 Å². The zero-order valence-electron chi connectivity index (χ0n) is 14.7. The van der Waals surface area contributed by atoms with E-state index in [0.29, 0.717) is 31.3 Å². The molecule has 0 radical (unpaired) electrons. The number of piperidine rings is 1. The molecule has 2 aromatic carbocycles. The summed E-state index contributed by atoms with van der Waals surface area (Å²) in [6.07, 6.45) is 2.41. The molecule has 25 heavy (non-hydrogen) atoms. The van der Waals surface area contributed by atoms with Gasteiger partial charge in [-0.25, -0.2) is 4.39 Å². The van der Waals surface area contributed by atoms with Gasteiger partial charge in [-0.1, -0.05) is 60.7 Å². The van der Waals surface area contributed by atoms with Gasteiger partial charge in [0.1, 0.15) is 5.67 Å². The number of halogens is 1. The van der Waals surface area contributed by atoms with E-state index in [1.54, 1.807) is 0 Å². The first-order valence-electron chi connectivity index (χ1n) is 9.45. The number of hydrogen-bond acceptors (Lipinski definition) is 2. The molecule has 1 saturated carbocycles. The summed E-state index contributed by atoms with van der Waals surface area (Å²) in [4.78, 5) is 2.37. The lowest BCUT2D eigenvalue weighted by Crippen LogP contribution is -2.47. The molecule has 2 aliphatic rings. The SMILES string of the molecule is FC1(CNC2CC2c2ccccc2)CCN(Cc2ccccc2)CC1. The maximum Gasteiger partial charge on any atom is 0.125 e. The van der Waals surface area contributed by atoms with Crippen molar-refractivity contribution in [3.05, 3.63) is 71.8 Å². The van der Waals surface area contributed by atoms with Crippen molar-refractivity contribution in [1.29, 1.82) is 0 Å². The summed E-state index contributed by atoms with van der Waals surface area (Å²) in [5, 5.41) is 3.49. The maximum absolute atomic E-state index is 15.1. The van der Waals surface area contributed by atoms with E-state index in [1.165, 1.54) is 11.1 Å². The van der Waals surface area contributed by atoms with Gasteiger partial charge in [-0.3, -0.25) is 4.90 Å². The van der Waals surface area contributed by atoms with Gasteiger partial charge in [0.15, 0.2) is 0 Å². The van der Waals surface area contributed by atoms with Crippen LogP contribution in [0.1, 0.15) is 36.3 Å². The first-order valence-corrected chi connectivity index (χ1v) is 9.45. The molecule has 1 N–H and O–H groups in total. The average Bonchev–Trinajstić information content (AvgIpc) is 3.44. The van der Waals surface area contributed by atoms with Crippen LogP contribution in [0.15, 0.2) is 60.7 Å². The smallest absolute Gasteiger partial charge is 0.125 e. The van der Waals surface area contributed by atoms with Crippen molar-refractivity contribution in [2.75, 3.05) is 19.6 Å². The molecule has 2 aromatic rings. The fraction of sp³-hybridized carbons (Fsp3) is 0.455. The third-order valence-corrected chi connectivity index (χ3v) is 5.70. The van der Waals surface area contributed by atoms with E-state index in [-0.39, 0.29) is 0 Å². The lowest BCUT2D eigenvalue weighted by atomic mass is 9.93. The van der Waals surface area contributed by atoms with Gasteiger partial charge in [-0.2, -0.15) is 0 Å². The molecule has 2 nitrogen and oxygen atoms in total. The molecule has 0 bridgehead atoms. The van der Waals surface area contributed by atoms with E-state index in [0.717, 1.165) is 26.1 Å². The maximum atomic E-state index is 15.1. The largest absolute Gasteiger partial charge is 0.310 e. The Kier molecular flexibility index (Phi) is 4.87. The van der Waals surface area contributed by atoms with Gasteiger partial charge in [0.2, 0.25) is 0 Å². The minimum absolute atomic E-state index is 0.456. The van der Waals surface area contributed by atoms with Crippen molar-refractivity contribution in [3.63, 3.8) is 0 Å². The normalized spacial score (nSPS) is 25.6. The quantitative estimate of drug-likeness (QED) is 0.852. The van der Waals surface area contributed by atoms with Crippen molar-refractivity contribution in [2.24, 2.45) is 0 Å². The van der Waals surface area contributed by atoms with E-state index < -0.39 is 5.67 Å². The summed E-state index contributed by atoms with van der Waals surface area (Å²) in [5.41, 5.74) is 1.65. The minimum atomic E-state index is -1.04. The lowest BCUT2D eigenvalue weighted by molar-refractivity contribution is 0.0544. The van der Waals surface area contributed by atoms with Crippen molar-refractivity contribution < 1.29 is 4.39 Å². The van der Waals surface area contributed by atoms with Crippen LogP contribution in [0.25, 0.3) is 0 Å². The topological polar surface area (TPSA) is 15.3 Å². The van der Waals surface area contributed by atoms with Crippen LogP contribution in [0, 0.1) is 0 Å². The van der Waals surface area contributed by atoms with Gasteiger partial charge in [0.05, 0.1) is 0 Å². The highest BCUT2D eigenvalue weighted by atomic mass is 19.1. The Morgan fingerprint density at radius 1 is 0.960 bits per heavy atom. The Labute approximate surface area is 150 Å². The van der Waals surface area contributed by atoms with Crippen molar-refractivity contribution in [2.45, 2.75) is 43.4 Å². The van der Waals surface area contributed by atoms with Crippen molar-refractivity contribution >= 4 is 0 Å². The number of likely N-dealkylation sites (tertiary alicyclic amines) is 1. The highest BCUT2D eigenvalue weighted by molar-refractivity contribution is 5.27. The Hall–Kier alpha value is -1.71. The third-order valence-electron chi connectivity index (χ3n) is 5.70. The fourth-order valence-corrected chi connectivity index (χ4v) is 3.93. The highest BCUT2D eigenvalue weighted by Crippen LogP contribution is 2.41. The van der Waals surface area contributed by atoms with E-state index in [1.807, 2.05) is 12.1 Å². The first-order chi connectivity index (χ1) is 12.2. The molecular weight excluding hydrogens is 311 g/mol. The lowest BCUT2D eigenvalue weighted by Gasteiger charge is -2.36. The second-order valence-corrected chi connectivity index (χ2v) is 7.65. The van der Waals surface area contributed by atoms with E-state index in [4.69, 9.17) is 0 Å². The van der Waals surface area contributed by atoms with Gasteiger partial charge < -0.3 is 5.32 Å². The molecule has 2 atom stereocenters. The Morgan fingerprint density at radius 3 is 2.28 bits per heavy atom. The van der Waals surface area contributed by atoms with Crippen molar-refractivity contribution in [1.82, 2.24) is 10.2 Å². The van der Waals surface area contributed by atoms with Crippen LogP contribution in [0.3, 0.4) is 0 Å². The second kappa shape index (κ2) is 7.27. The number of alkyl halides is 1. The number of benzene rings is 2. The van der Waals surface area contributed by atoms with Gasteiger partial charge in [0, 0.05) is 38.1 Å². The number of nitrogens with one attached hydrogen (secondary N) is 1. The molecule has 2 unspecified atom stereocenters. The van der Waals surface area contributed by atoms with Gasteiger partial charge in [-0.15, -0.1) is 0 Å². The summed E-state index contributed by atoms with van der Waals surface area (Å²) in [5.74, 6) is 0.572. The Morgan fingerprint density at radius 2 is 1.60 bits per heavy atom. The molecule has 4 rings (SSSR count). The van der Waals surface area contributed by atoms with Crippen LogP contribution >= 0.6 is 0 Å². The Bertz CT molecular complexity index is 665.